The third kappa shape index (κ3) is 14.7. The summed E-state index contributed by atoms with van der Waals surface area (Å²) in [4.78, 5) is 67.6. The van der Waals surface area contributed by atoms with Gasteiger partial charge < -0.3 is 42.2 Å². The maximum absolute atomic E-state index is 14.2. The van der Waals surface area contributed by atoms with Crippen LogP contribution in [0.1, 0.15) is 113 Å². The van der Waals surface area contributed by atoms with Crippen LogP contribution in [0.4, 0.5) is 0 Å². The van der Waals surface area contributed by atoms with Crippen molar-refractivity contribution in [2.75, 3.05) is 20.2 Å². The van der Waals surface area contributed by atoms with E-state index in [1.54, 1.807) is 33.9 Å². The van der Waals surface area contributed by atoms with Gasteiger partial charge in [0, 0.05) is 19.6 Å². The number of rotatable bonds is 22. The van der Waals surface area contributed by atoms with E-state index < -0.39 is 59.9 Å². The summed E-state index contributed by atoms with van der Waals surface area (Å²) >= 11 is 0. The molecule has 1 saturated carbocycles. The van der Waals surface area contributed by atoms with Crippen LogP contribution in [0.15, 0.2) is 11.6 Å². The number of hydrogen-bond acceptors (Lipinski definition) is 8. The molecule has 1 rings (SSSR count). The van der Waals surface area contributed by atoms with E-state index in [1.165, 1.54) is 4.90 Å². The van der Waals surface area contributed by atoms with Crippen molar-refractivity contribution in [2.24, 2.45) is 35.1 Å². The van der Waals surface area contributed by atoms with Gasteiger partial charge in [0.1, 0.15) is 18.1 Å². The van der Waals surface area contributed by atoms with Crippen LogP contribution in [0.3, 0.4) is 0 Å². The lowest BCUT2D eigenvalue weighted by Crippen LogP contribution is -2.60. The van der Waals surface area contributed by atoms with E-state index >= 15 is 0 Å². The number of likely N-dealkylation sites (N-methyl/N-ethyl adjacent to an activating group) is 1. The van der Waals surface area contributed by atoms with Crippen LogP contribution < -0.4 is 27.4 Å². The number of amides is 5. The molecule has 0 aromatic rings. The summed E-state index contributed by atoms with van der Waals surface area (Å²) in [6, 6.07) is -3.40. The Morgan fingerprint density at radius 3 is 2.04 bits per heavy atom. The SMILES string of the molecule is CCCCCC(C)[C@@H](OC[C@@H](C)NC(=O)[C@@H](C)[C@H](C)O)C(C)C(=O)N(C)[C@@H](C=C(C)C)C(=O)N[C@H](C(=O)N[C@@H](CN)C(N)=O)C1CCCCC1. The highest BCUT2D eigenvalue weighted by atomic mass is 16.5. The number of ether oxygens (including phenoxy) is 1. The molecular weight excluding hydrogens is 640 g/mol. The monoisotopic (exact) mass is 709 g/mol. The maximum Gasteiger partial charge on any atom is 0.247 e. The summed E-state index contributed by atoms with van der Waals surface area (Å²) in [5.41, 5.74) is 11.9. The lowest BCUT2D eigenvalue weighted by Gasteiger charge is -2.36. The number of nitrogens with two attached hydrogens (primary N) is 2. The summed E-state index contributed by atoms with van der Waals surface area (Å²) < 4.78 is 6.39. The largest absolute Gasteiger partial charge is 0.393 e. The fourth-order valence-corrected chi connectivity index (χ4v) is 6.46. The van der Waals surface area contributed by atoms with E-state index in [4.69, 9.17) is 16.2 Å². The third-order valence-corrected chi connectivity index (χ3v) is 9.89. The minimum atomic E-state index is -1.07. The van der Waals surface area contributed by atoms with Gasteiger partial charge in [0.05, 0.1) is 30.7 Å². The highest BCUT2D eigenvalue weighted by Crippen LogP contribution is 2.28. The molecule has 0 radical (unpaired) electrons. The highest BCUT2D eigenvalue weighted by Gasteiger charge is 2.38. The van der Waals surface area contributed by atoms with Crippen molar-refractivity contribution in [3.05, 3.63) is 11.6 Å². The molecule has 288 valence electrons. The molecular formula is C37H68N6O7. The van der Waals surface area contributed by atoms with Crippen molar-refractivity contribution < 1.29 is 33.8 Å². The lowest BCUT2D eigenvalue weighted by atomic mass is 9.83. The first-order valence-electron chi connectivity index (χ1n) is 18.6. The first kappa shape index (κ1) is 45.0. The summed E-state index contributed by atoms with van der Waals surface area (Å²) in [5, 5.41) is 18.2. The number of primary amides is 1. The van der Waals surface area contributed by atoms with Gasteiger partial charge in [-0.2, -0.15) is 0 Å². The molecule has 0 aromatic carbocycles. The topological polar surface area (TPSA) is 206 Å². The Morgan fingerprint density at radius 2 is 1.52 bits per heavy atom. The molecule has 0 heterocycles. The summed E-state index contributed by atoms with van der Waals surface area (Å²) in [7, 11) is 1.58. The van der Waals surface area contributed by atoms with E-state index in [9.17, 15) is 29.1 Å². The van der Waals surface area contributed by atoms with Gasteiger partial charge >= 0.3 is 0 Å². The Morgan fingerprint density at radius 1 is 0.900 bits per heavy atom. The molecule has 0 bridgehead atoms. The van der Waals surface area contributed by atoms with Gasteiger partial charge in [-0.3, -0.25) is 24.0 Å². The predicted octanol–water partition coefficient (Wildman–Crippen LogP) is 2.53. The third-order valence-electron chi connectivity index (χ3n) is 9.89. The van der Waals surface area contributed by atoms with Gasteiger partial charge in [0.25, 0.3) is 0 Å². The van der Waals surface area contributed by atoms with Crippen LogP contribution in [0.2, 0.25) is 0 Å². The quantitative estimate of drug-likeness (QED) is 0.0726. The molecule has 0 spiro atoms. The molecule has 13 nitrogen and oxygen atoms in total. The number of aliphatic hydroxyl groups is 1. The normalized spacial score (nSPS) is 18.9. The van der Waals surface area contributed by atoms with E-state index in [1.807, 2.05) is 20.8 Å². The van der Waals surface area contributed by atoms with Gasteiger partial charge in [-0.25, -0.2) is 0 Å². The average Bonchev–Trinajstić information content (AvgIpc) is 3.07. The summed E-state index contributed by atoms with van der Waals surface area (Å²) in [6.07, 6.45) is 8.62. The molecule has 2 unspecified atom stereocenters. The second-order valence-electron chi connectivity index (χ2n) is 14.7. The van der Waals surface area contributed by atoms with Gasteiger partial charge in [-0.05, 0) is 58.8 Å². The van der Waals surface area contributed by atoms with E-state index in [0.29, 0.717) is 0 Å². The van der Waals surface area contributed by atoms with E-state index in [0.717, 1.165) is 63.4 Å². The minimum Gasteiger partial charge on any atom is -0.393 e. The smallest absolute Gasteiger partial charge is 0.247 e. The zero-order chi connectivity index (χ0) is 38.1. The fourth-order valence-electron chi connectivity index (χ4n) is 6.46. The molecule has 5 amide bonds. The van der Waals surface area contributed by atoms with Gasteiger partial charge in [0.15, 0.2) is 0 Å². The zero-order valence-electron chi connectivity index (χ0n) is 32.1. The highest BCUT2D eigenvalue weighted by molar-refractivity contribution is 5.95. The van der Waals surface area contributed by atoms with Crippen molar-refractivity contribution in [3.63, 3.8) is 0 Å². The number of hydrogen-bond donors (Lipinski definition) is 6. The molecule has 9 atom stereocenters. The standard InChI is InChI=1S/C37H68N6O7/c1-10-11-13-16-23(4)32(50-21-24(5)40-34(46)25(6)27(8)44)26(7)37(49)43(9)30(19-22(2)3)35(47)42-31(28-17-14-12-15-18-28)36(48)41-29(20-38)33(39)45/h19,23-32,44H,10-18,20-21,38H2,1-9H3,(H2,39,45)(H,40,46)(H,41,48)(H,42,47)/t23?,24-,25+,26?,27+,29+,30+,31+,32-/m1/s1. The second-order valence-corrected chi connectivity index (χ2v) is 14.7. The number of aliphatic hydroxyl groups excluding tert-OH is 1. The molecule has 13 heteroatoms. The van der Waals surface area contributed by atoms with E-state index in [2.05, 4.69) is 29.8 Å². The number of nitrogens with one attached hydrogen (secondary N) is 3. The zero-order valence-corrected chi connectivity index (χ0v) is 32.1. The first-order valence-corrected chi connectivity index (χ1v) is 18.6. The molecule has 1 aliphatic carbocycles. The Bertz CT molecular complexity index is 1120. The van der Waals surface area contributed by atoms with Crippen LogP contribution in [-0.2, 0) is 28.7 Å². The van der Waals surface area contributed by atoms with Crippen LogP contribution in [0.5, 0.6) is 0 Å². The number of carbonyl (C=O) groups is 5. The molecule has 8 N–H and O–H groups in total. The van der Waals surface area contributed by atoms with Gasteiger partial charge in [-0.1, -0.05) is 77.9 Å². The molecule has 0 aromatic heterocycles. The first-order chi connectivity index (χ1) is 23.5. The summed E-state index contributed by atoms with van der Waals surface area (Å²) in [5.74, 6) is -3.76. The van der Waals surface area contributed by atoms with E-state index in [-0.39, 0.29) is 42.8 Å². The molecule has 1 aliphatic rings. The van der Waals surface area contributed by atoms with Crippen molar-refractivity contribution in [2.45, 2.75) is 150 Å². The number of unbranched alkanes of at least 4 members (excludes halogenated alkanes) is 2. The van der Waals surface area contributed by atoms with Gasteiger partial charge in [-0.15, -0.1) is 0 Å². The minimum absolute atomic E-state index is 0.00374. The summed E-state index contributed by atoms with van der Waals surface area (Å²) in [6.45, 7) is 14.7. The van der Waals surface area contributed by atoms with Gasteiger partial charge in [0.2, 0.25) is 29.5 Å². The van der Waals surface area contributed by atoms with Crippen molar-refractivity contribution >= 4 is 29.5 Å². The Balaban J connectivity index is 3.30. The molecule has 50 heavy (non-hydrogen) atoms. The van der Waals surface area contributed by atoms with Crippen LogP contribution >= 0.6 is 0 Å². The van der Waals surface area contributed by atoms with Crippen molar-refractivity contribution in [1.29, 1.82) is 0 Å². The average molecular weight is 709 g/mol. The molecule has 0 aliphatic heterocycles. The van der Waals surface area contributed by atoms with Crippen LogP contribution in [0, 0.1) is 23.7 Å². The number of nitrogens with zero attached hydrogens (tertiary/aromatic N) is 1. The van der Waals surface area contributed by atoms with Crippen molar-refractivity contribution in [1.82, 2.24) is 20.9 Å². The van der Waals surface area contributed by atoms with Crippen molar-refractivity contribution in [3.8, 4) is 0 Å². The Kier molecular flexibility index (Phi) is 20.4. The Labute approximate surface area is 300 Å². The van der Waals surface area contributed by atoms with Crippen LogP contribution in [0.25, 0.3) is 0 Å². The number of allylic oxidation sites excluding steroid dienone is 1. The Hall–Kier alpha value is -3.03. The maximum atomic E-state index is 14.2. The fraction of sp³-hybridized carbons (Fsp3) is 0.811. The predicted molar refractivity (Wildman–Crippen MR) is 195 cm³/mol. The number of carbonyl (C=O) groups excluding carboxylic acids is 5. The lowest BCUT2D eigenvalue weighted by molar-refractivity contribution is -0.147. The van der Waals surface area contributed by atoms with Crippen LogP contribution in [-0.4, -0.2) is 96.1 Å². The molecule has 1 fully saturated rings. The second kappa shape index (κ2) is 22.7. The molecule has 0 saturated heterocycles.